The van der Waals surface area contributed by atoms with Crippen LogP contribution in [0.15, 0.2) is 55.2 Å². The van der Waals surface area contributed by atoms with E-state index in [0.717, 1.165) is 27.9 Å². The van der Waals surface area contributed by atoms with Crippen molar-refractivity contribution in [2.75, 3.05) is 7.11 Å². The van der Waals surface area contributed by atoms with Crippen molar-refractivity contribution in [1.29, 1.82) is 0 Å². The summed E-state index contributed by atoms with van der Waals surface area (Å²) in [6.07, 6.45) is 7.09. The van der Waals surface area contributed by atoms with Crippen molar-refractivity contribution < 1.29 is 4.74 Å². The summed E-state index contributed by atoms with van der Waals surface area (Å²) in [5.74, 6) is 1.49. The average Bonchev–Trinajstić information content (AvgIpc) is 3.32. The van der Waals surface area contributed by atoms with Gasteiger partial charge in [-0.05, 0) is 23.8 Å². The topological polar surface area (TPSA) is 83.5 Å². The molecule has 8 nitrogen and oxygen atoms in total. The molecule has 5 rings (SSSR count). The Morgan fingerprint density at radius 2 is 1.93 bits per heavy atom. The monoisotopic (exact) mass is 483 g/mol. The Labute approximate surface area is 173 Å². The number of benzene rings is 1. The number of hydrogen-bond acceptors (Lipinski definition) is 6. The first-order chi connectivity index (χ1) is 13.7. The fraction of sp³-hybridized carbons (Fsp3) is 0.105. The van der Waals surface area contributed by atoms with Crippen LogP contribution in [0.25, 0.3) is 27.9 Å². The average molecular weight is 483 g/mol. The molecule has 0 atom stereocenters. The number of nitrogens with zero attached hydrogens (tertiary/aromatic N) is 7. The van der Waals surface area contributed by atoms with Gasteiger partial charge in [-0.15, -0.1) is 0 Å². The van der Waals surface area contributed by atoms with Crippen molar-refractivity contribution in [3.8, 4) is 11.6 Å². The van der Waals surface area contributed by atoms with Crippen LogP contribution in [0.1, 0.15) is 5.56 Å². The summed E-state index contributed by atoms with van der Waals surface area (Å²) in [6.45, 7) is 0.650. The summed E-state index contributed by atoms with van der Waals surface area (Å²) >= 11 is 2.12. The summed E-state index contributed by atoms with van der Waals surface area (Å²) < 4.78 is 9.66. The minimum atomic E-state index is 0.634. The van der Waals surface area contributed by atoms with Gasteiger partial charge in [0.25, 0.3) is 0 Å². The van der Waals surface area contributed by atoms with Crippen LogP contribution in [0.2, 0.25) is 0 Å². The molecule has 0 saturated carbocycles. The number of fused-ring (bicyclic) bond motifs is 2. The Morgan fingerprint density at radius 1 is 1.07 bits per heavy atom. The first-order valence-electron chi connectivity index (χ1n) is 8.52. The van der Waals surface area contributed by atoms with Gasteiger partial charge in [0, 0.05) is 40.4 Å². The van der Waals surface area contributed by atoms with Gasteiger partial charge in [-0.2, -0.15) is 5.10 Å². The maximum absolute atomic E-state index is 5.23. The fourth-order valence-electron chi connectivity index (χ4n) is 3.14. The maximum Gasteiger partial charge on any atom is 0.194 e. The molecule has 0 radical (unpaired) electrons. The molecule has 5 aromatic rings. The number of imidazole rings is 1. The standard InChI is InChI=1S/C19H14IN7O/c1-28-14-4-2-12(3-5-14)10-26-11-22-16-17(26)24-19(20)25-18(16)27-15-6-7-21-8-13(15)9-23-27/h2-9,11H,10H2,1H3. The van der Waals surface area contributed by atoms with Crippen LogP contribution < -0.4 is 4.74 Å². The minimum absolute atomic E-state index is 0.634. The molecule has 0 unspecified atom stereocenters. The molecule has 0 spiro atoms. The Balaban J connectivity index is 1.62. The van der Waals surface area contributed by atoms with Crippen molar-refractivity contribution in [2.24, 2.45) is 0 Å². The fourth-order valence-corrected chi connectivity index (χ4v) is 3.59. The first-order valence-corrected chi connectivity index (χ1v) is 9.60. The van der Waals surface area contributed by atoms with Crippen molar-refractivity contribution in [3.63, 3.8) is 0 Å². The molecule has 138 valence electrons. The molecular weight excluding hydrogens is 469 g/mol. The molecule has 0 fully saturated rings. The van der Waals surface area contributed by atoms with Crippen LogP contribution in [0.3, 0.4) is 0 Å². The summed E-state index contributed by atoms with van der Waals surface area (Å²) in [5, 5.41) is 5.44. The Morgan fingerprint density at radius 3 is 2.75 bits per heavy atom. The van der Waals surface area contributed by atoms with E-state index >= 15 is 0 Å². The molecule has 0 saturated heterocycles. The molecule has 4 heterocycles. The largest absolute Gasteiger partial charge is 0.497 e. The van der Waals surface area contributed by atoms with Crippen LogP contribution in [-0.2, 0) is 6.54 Å². The highest BCUT2D eigenvalue weighted by Gasteiger charge is 2.16. The predicted octanol–water partition coefficient (Wildman–Crippen LogP) is 3.22. The summed E-state index contributed by atoms with van der Waals surface area (Å²) in [6, 6.07) is 9.88. The predicted molar refractivity (Wildman–Crippen MR) is 113 cm³/mol. The second kappa shape index (κ2) is 6.82. The molecular formula is C19H14IN7O. The highest BCUT2D eigenvalue weighted by molar-refractivity contribution is 14.1. The number of rotatable bonds is 4. The molecule has 0 aliphatic carbocycles. The van der Waals surface area contributed by atoms with E-state index in [1.165, 1.54) is 0 Å². The molecule has 0 aliphatic heterocycles. The van der Waals surface area contributed by atoms with Crippen LogP contribution >= 0.6 is 22.6 Å². The van der Waals surface area contributed by atoms with E-state index in [1.54, 1.807) is 36.7 Å². The van der Waals surface area contributed by atoms with E-state index in [9.17, 15) is 0 Å². The van der Waals surface area contributed by atoms with Crippen molar-refractivity contribution >= 4 is 44.7 Å². The molecule has 1 aromatic carbocycles. The number of pyridine rings is 1. The lowest BCUT2D eigenvalue weighted by molar-refractivity contribution is 0.414. The van der Waals surface area contributed by atoms with Crippen molar-refractivity contribution in [3.05, 3.63) is 64.6 Å². The van der Waals surface area contributed by atoms with Crippen LogP contribution in [0, 0.1) is 3.83 Å². The number of methoxy groups -OCH3 is 1. The number of aromatic nitrogens is 7. The SMILES string of the molecule is COc1ccc(Cn2cnc3c(-n4ncc5cnccc54)nc(I)nc32)cc1. The van der Waals surface area contributed by atoms with Crippen LogP contribution in [0.5, 0.6) is 5.75 Å². The van der Waals surface area contributed by atoms with Crippen LogP contribution in [0.4, 0.5) is 0 Å². The first kappa shape index (κ1) is 17.0. The van der Waals surface area contributed by atoms with E-state index in [-0.39, 0.29) is 0 Å². The van der Waals surface area contributed by atoms with Crippen molar-refractivity contribution in [2.45, 2.75) is 6.54 Å². The third-order valence-electron chi connectivity index (χ3n) is 4.50. The normalized spacial score (nSPS) is 11.4. The van der Waals surface area contributed by atoms with Gasteiger partial charge in [-0.1, -0.05) is 12.1 Å². The van der Waals surface area contributed by atoms with Crippen LogP contribution in [-0.4, -0.2) is 41.4 Å². The molecule has 0 amide bonds. The van der Waals surface area contributed by atoms with E-state index in [0.29, 0.717) is 21.7 Å². The van der Waals surface area contributed by atoms with Gasteiger partial charge in [0.2, 0.25) is 0 Å². The van der Waals surface area contributed by atoms with Gasteiger partial charge >= 0.3 is 0 Å². The van der Waals surface area contributed by atoms with Gasteiger partial charge in [0.15, 0.2) is 20.8 Å². The third-order valence-corrected chi connectivity index (χ3v) is 4.98. The lowest BCUT2D eigenvalue weighted by Crippen LogP contribution is -2.06. The quantitative estimate of drug-likeness (QED) is 0.289. The molecule has 9 heteroatoms. The smallest absolute Gasteiger partial charge is 0.194 e. The zero-order valence-corrected chi connectivity index (χ0v) is 17.0. The van der Waals surface area contributed by atoms with Gasteiger partial charge < -0.3 is 9.30 Å². The van der Waals surface area contributed by atoms with Gasteiger partial charge in [-0.3, -0.25) is 4.98 Å². The summed E-state index contributed by atoms with van der Waals surface area (Å²) in [5.41, 5.74) is 3.53. The number of ether oxygens (including phenoxy) is 1. The van der Waals surface area contributed by atoms with Crippen molar-refractivity contribution in [1.82, 2.24) is 34.3 Å². The van der Waals surface area contributed by atoms with E-state index in [4.69, 9.17) is 4.74 Å². The minimum Gasteiger partial charge on any atom is -0.497 e. The summed E-state index contributed by atoms with van der Waals surface area (Å²) in [4.78, 5) is 17.9. The number of halogens is 1. The van der Waals surface area contributed by atoms with E-state index in [2.05, 4.69) is 47.6 Å². The Kier molecular flexibility index (Phi) is 4.15. The molecule has 0 bridgehead atoms. The maximum atomic E-state index is 5.23. The Bertz CT molecular complexity index is 1290. The zero-order chi connectivity index (χ0) is 19.1. The zero-order valence-electron chi connectivity index (χ0n) is 14.8. The lowest BCUT2D eigenvalue weighted by atomic mass is 10.2. The van der Waals surface area contributed by atoms with E-state index in [1.807, 2.05) is 34.9 Å². The van der Waals surface area contributed by atoms with Gasteiger partial charge in [0.05, 0.1) is 31.7 Å². The second-order valence-corrected chi connectivity index (χ2v) is 7.16. The highest BCUT2D eigenvalue weighted by Crippen LogP contribution is 2.23. The van der Waals surface area contributed by atoms with Gasteiger partial charge in [0.1, 0.15) is 5.75 Å². The highest BCUT2D eigenvalue weighted by atomic mass is 127. The lowest BCUT2D eigenvalue weighted by Gasteiger charge is -2.07. The second-order valence-electron chi connectivity index (χ2n) is 6.20. The molecule has 4 aromatic heterocycles. The summed E-state index contributed by atoms with van der Waals surface area (Å²) in [7, 11) is 1.66. The molecule has 0 aliphatic rings. The molecule has 28 heavy (non-hydrogen) atoms. The third kappa shape index (κ3) is 2.87. The van der Waals surface area contributed by atoms with Gasteiger partial charge in [-0.25, -0.2) is 19.6 Å². The Hall–Kier alpha value is -3.08. The van der Waals surface area contributed by atoms with E-state index < -0.39 is 0 Å². The number of hydrogen-bond donors (Lipinski definition) is 0. The molecule has 0 N–H and O–H groups in total.